The number of ether oxygens (including phenoxy) is 1. The molecule has 3 aromatic rings. The summed E-state index contributed by atoms with van der Waals surface area (Å²) in [5.41, 5.74) is 3.69. The van der Waals surface area contributed by atoms with Crippen LogP contribution in [-0.4, -0.2) is 49.1 Å². The van der Waals surface area contributed by atoms with Crippen LogP contribution in [0.15, 0.2) is 84.9 Å². The highest BCUT2D eigenvalue weighted by Crippen LogP contribution is 2.33. The Hall–Kier alpha value is -3.44. The summed E-state index contributed by atoms with van der Waals surface area (Å²) < 4.78 is 5.28. The second-order valence-corrected chi connectivity index (χ2v) is 10.5. The number of hydrogen-bond acceptors (Lipinski definition) is 4. The van der Waals surface area contributed by atoms with Gasteiger partial charge in [0.15, 0.2) is 0 Å². The van der Waals surface area contributed by atoms with Gasteiger partial charge in [0.2, 0.25) is 0 Å². The van der Waals surface area contributed by atoms with Gasteiger partial charge in [-0.1, -0.05) is 85.8 Å². The fraction of sp³-hybridized carbons (Fsp3) is 0.394. The first-order valence-electron chi connectivity index (χ1n) is 13.9. The van der Waals surface area contributed by atoms with Crippen molar-refractivity contribution >= 4 is 11.9 Å². The number of amides is 1. The quantitative estimate of drug-likeness (QED) is 0.309. The van der Waals surface area contributed by atoms with Gasteiger partial charge in [-0.2, -0.15) is 0 Å². The van der Waals surface area contributed by atoms with Gasteiger partial charge in [-0.3, -0.25) is 9.59 Å². The highest BCUT2D eigenvalue weighted by Gasteiger charge is 2.30. The molecule has 3 aromatic carbocycles. The van der Waals surface area contributed by atoms with E-state index in [1.165, 1.54) is 5.56 Å². The molecule has 0 spiro atoms. The van der Waals surface area contributed by atoms with E-state index in [4.69, 9.17) is 4.74 Å². The fourth-order valence-corrected chi connectivity index (χ4v) is 5.51. The first-order valence-corrected chi connectivity index (χ1v) is 13.9. The number of nitrogens with zero attached hydrogens (tertiary/aromatic N) is 1. The number of carbonyl (C=O) groups excluding carboxylic acids is 2. The van der Waals surface area contributed by atoms with E-state index in [0.717, 1.165) is 62.0 Å². The molecule has 1 atom stereocenters. The second kappa shape index (κ2) is 13.4. The van der Waals surface area contributed by atoms with Crippen molar-refractivity contribution in [3.05, 3.63) is 96.1 Å². The molecule has 38 heavy (non-hydrogen) atoms. The van der Waals surface area contributed by atoms with Crippen LogP contribution in [0.25, 0.3) is 11.1 Å². The van der Waals surface area contributed by atoms with E-state index < -0.39 is 0 Å². The van der Waals surface area contributed by atoms with Crippen LogP contribution in [0, 0.1) is 0 Å². The van der Waals surface area contributed by atoms with Crippen LogP contribution in [0.3, 0.4) is 0 Å². The Morgan fingerprint density at radius 3 is 2.24 bits per heavy atom. The summed E-state index contributed by atoms with van der Waals surface area (Å²) in [6.45, 7) is 7.35. The molecule has 1 unspecified atom stereocenters. The molecule has 1 heterocycles. The molecule has 0 saturated carbocycles. The van der Waals surface area contributed by atoms with Gasteiger partial charge in [0.05, 0.1) is 13.0 Å². The zero-order valence-corrected chi connectivity index (χ0v) is 22.7. The maximum atomic E-state index is 13.2. The van der Waals surface area contributed by atoms with E-state index in [2.05, 4.69) is 29.3 Å². The number of carbonyl (C=O) groups is 2. The summed E-state index contributed by atoms with van der Waals surface area (Å²) in [5, 5.41) is 3.28. The van der Waals surface area contributed by atoms with E-state index in [-0.39, 0.29) is 23.3 Å². The molecule has 1 fully saturated rings. The molecular formula is C33H40N2O3. The van der Waals surface area contributed by atoms with Gasteiger partial charge in [0.1, 0.15) is 0 Å². The largest absolute Gasteiger partial charge is 0.466 e. The molecule has 1 aliphatic heterocycles. The lowest BCUT2D eigenvalue weighted by atomic mass is 9.76. The Balaban J connectivity index is 1.28. The minimum Gasteiger partial charge on any atom is -0.466 e. The Bertz CT molecular complexity index is 1170. The van der Waals surface area contributed by atoms with Crippen molar-refractivity contribution in [3.63, 3.8) is 0 Å². The predicted molar refractivity (Wildman–Crippen MR) is 153 cm³/mol. The van der Waals surface area contributed by atoms with Gasteiger partial charge in [0, 0.05) is 30.1 Å². The van der Waals surface area contributed by atoms with Crippen molar-refractivity contribution in [2.45, 2.75) is 57.4 Å². The van der Waals surface area contributed by atoms with E-state index in [9.17, 15) is 9.59 Å². The van der Waals surface area contributed by atoms with Crippen molar-refractivity contribution in [3.8, 4) is 11.1 Å². The molecule has 1 N–H and O–H groups in total. The normalized spacial score (nSPS) is 15.9. The van der Waals surface area contributed by atoms with Crippen LogP contribution in [0.4, 0.5) is 0 Å². The van der Waals surface area contributed by atoms with Crippen LogP contribution in [-0.2, 0) is 14.9 Å². The number of benzene rings is 3. The summed E-state index contributed by atoms with van der Waals surface area (Å²) >= 11 is 0. The second-order valence-electron chi connectivity index (χ2n) is 10.5. The van der Waals surface area contributed by atoms with E-state index in [0.29, 0.717) is 13.0 Å². The van der Waals surface area contributed by atoms with Crippen molar-refractivity contribution in [2.24, 2.45) is 0 Å². The molecule has 0 radical (unpaired) electrons. The molecule has 4 rings (SSSR count). The Morgan fingerprint density at radius 2 is 1.55 bits per heavy atom. The highest BCUT2D eigenvalue weighted by molar-refractivity contribution is 6.01. The van der Waals surface area contributed by atoms with E-state index in [1.807, 2.05) is 79.7 Å². The third-order valence-corrected chi connectivity index (χ3v) is 7.69. The van der Waals surface area contributed by atoms with Crippen molar-refractivity contribution in [1.82, 2.24) is 10.2 Å². The van der Waals surface area contributed by atoms with Crippen LogP contribution in [0.1, 0.15) is 61.9 Å². The first kappa shape index (κ1) is 27.6. The maximum Gasteiger partial charge on any atom is 0.306 e. The third kappa shape index (κ3) is 7.32. The zero-order valence-electron chi connectivity index (χ0n) is 22.7. The number of nitrogens with one attached hydrogen (secondary N) is 1. The molecular weight excluding hydrogens is 472 g/mol. The Morgan fingerprint density at radius 1 is 0.921 bits per heavy atom. The minimum absolute atomic E-state index is 0.000459. The topological polar surface area (TPSA) is 58.6 Å². The first-order chi connectivity index (χ1) is 18.5. The molecule has 5 nitrogen and oxygen atoms in total. The van der Waals surface area contributed by atoms with Gasteiger partial charge in [0.25, 0.3) is 5.91 Å². The molecule has 0 aliphatic carbocycles. The van der Waals surface area contributed by atoms with Gasteiger partial charge in [-0.15, -0.1) is 0 Å². The average Bonchev–Trinajstić information content (AvgIpc) is 2.95. The highest BCUT2D eigenvalue weighted by atomic mass is 16.5. The Kier molecular flexibility index (Phi) is 9.72. The lowest BCUT2D eigenvalue weighted by molar-refractivity contribution is -0.144. The number of piperidine rings is 1. The van der Waals surface area contributed by atoms with Gasteiger partial charge in [-0.25, -0.2) is 0 Å². The van der Waals surface area contributed by atoms with Crippen molar-refractivity contribution in [1.29, 1.82) is 0 Å². The molecule has 200 valence electrons. The average molecular weight is 513 g/mol. The molecule has 0 aromatic heterocycles. The van der Waals surface area contributed by atoms with E-state index in [1.54, 1.807) is 0 Å². The van der Waals surface area contributed by atoms with Crippen molar-refractivity contribution in [2.75, 3.05) is 26.2 Å². The van der Waals surface area contributed by atoms with Gasteiger partial charge >= 0.3 is 5.97 Å². The monoisotopic (exact) mass is 512 g/mol. The predicted octanol–water partition coefficient (Wildman–Crippen LogP) is 6.24. The lowest BCUT2D eigenvalue weighted by Gasteiger charge is -2.34. The standard InChI is InChI=1S/C33H40N2O3/c1-3-38-31(36)25-33(2,27-15-8-5-9-16-27)21-12-22-35-23-19-28(20-24-35)34-32(37)30-18-11-10-17-29(30)26-13-6-4-7-14-26/h4-11,13-18,28H,3,12,19-25H2,1-2H3,(H,34,37). The number of rotatable bonds is 11. The summed E-state index contributed by atoms with van der Waals surface area (Å²) in [4.78, 5) is 28.0. The summed E-state index contributed by atoms with van der Waals surface area (Å²) in [7, 11) is 0. The number of likely N-dealkylation sites (tertiary alicyclic amines) is 1. The molecule has 1 saturated heterocycles. The summed E-state index contributed by atoms with van der Waals surface area (Å²) in [5.74, 6) is -0.134. The van der Waals surface area contributed by atoms with Crippen LogP contribution in [0.2, 0.25) is 0 Å². The fourth-order valence-electron chi connectivity index (χ4n) is 5.51. The number of hydrogen-bond donors (Lipinski definition) is 1. The molecule has 5 heteroatoms. The Labute approximate surface area is 227 Å². The van der Waals surface area contributed by atoms with Gasteiger partial charge in [-0.05, 0) is 61.9 Å². The summed E-state index contributed by atoms with van der Waals surface area (Å²) in [6.07, 6.45) is 4.20. The van der Waals surface area contributed by atoms with Crippen LogP contribution >= 0.6 is 0 Å². The SMILES string of the molecule is CCOC(=O)CC(C)(CCCN1CCC(NC(=O)c2ccccc2-c2ccccc2)CC1)c1ccccc1. The van der Waals surface area contributed by atoms with Crippen molar-refractivity contribution < 1.29 is 14.3 Å². The zero-order chi connectivity index (χ0) is 26.8. The van der Waals surface area contributed by atoms with Crippen LogP contribution in [0.5, 0.6) is 0 Å². The van der Waals surface area contributed by atoms with Crippen LogP contribution < -0.4 is 5.32 Å². The van der Waals surface area contributed by atoms with E-state index >= 15 is 0 Å². The number of esters is 1. The molecule has 1 amide bonds. The molecule has 0 bridgehead atoms. The maximum absolute atomic E-state index is 13.2. The summed E-state index contributed by atoms with van der Waals surface area (Å²) in [6, 6.07) is 28.4. The molecule has 1 aliphatic rings. The smallest absolute Gasteiger partial charge is 0.306 e. The third-order valence-electron chi connectivity index (χ3n) is 7.69. The van der Waals surface area contributed by atoms with Gasteiger partial charge < -0.3 is 15.0 Å². The lowest BCUT2D eigenvalue weighted by Crippen LogP contribution is -2.45. The minimum atomic E-state index is -0.244.